The first-order chi connectivity index (χ1) is 10.7. The van der Waals surface area contributed by atoms with Crippen molar-refractivity contribution in [3.05, 3.63) is 0 Å². The second kappa shape index (κ2) is 7.07. The Morgan fingerprint density at radius 3 is 2.30 bits per heavy atom. The molecule has 0 aromatic heterocycles. The molecule has 2 rings (SSSR count). The van der Waals surface area contributed by atoms with Crippen LogP contribution in [0.2, 0.25) is 0 Å². The van der Waals surface area contributed by atoms with Gasteiger partial charge >= 0.3 is 6.09 Å². The van der Waals surface area contributed by atoms with Crippen LogP contribution >= 0.6 is 0 Å². The SMILES string of the molecule is CC(C)(C)OC(=O)N1CCC(C(=O)NCC2(O)CCCC2)CC1. The van der Waals surface area contributed by atoms with E-state index in [2.05, 4.69) is 5.32 Å². The molecule has 0 bridgehead atoms. The Bertz CT molecular complexity index is 430. The molecule has 6 nitrogen and oxygen atoms in total. The fourth-order valence-corrected chi connectivity index (χ4v) is 3.26. The highest BCUT2D eigenvalue weighted by molar-refractivity contribution is 5.79. The van der Waals surface area contributed by atoms with Crippen molar-refractivity contribution in [2.24, 2.45) is 5.92 Å². The van der Waals surface area contributed by atoms with E-state index in [1.165, 1.54) is 0 Å². The van der Waals surface area contributed by atoms with Crippen molar-refractivity contribution < 1.29 is 19.4 Å². The van der Waals surface area contributed by atoms with Crippen molar-refractivity contribution in [2.75, 3.05) is 19.6 Å². The van der Waals surface area contributed by atoms with Crippen LogP contribution in [0.25, 0.3) is 0 Å². The molecular formula is C17H30N2O4. The second-order valence-electron chi connectivity index (χ2n) is 7.89. The fraction of sp³-hybridized carbons (Fsp3) is 0.882. The number of hydrogen-bond donors (Lipinski definition) is 2. The monoisotopic (exact) mass is 326 g/mol. The molecule has 0 atom stereocenters. The molecular weight excluding hydrogens is 296 g/mol. The Balaban J connectivity index is 1.73. The summed E-state index contributed by atoms with van der Waals surface area (Å²) >= 11 is 0. The minimum absolute atomic E-state index is 0.00540. The normalized spacial score (nSPS) is 22.0. The Morgan fingerprint density at radius 2 is 1.78 bits per heavy atom. The van der Waals surface area contributed by atoms with Crippen LogP contribution in [-0.2, 0) is 9.53 Å². The van der Waals surface area contributed by atoms with Crippen LogP contribution in [0.5, 0.6) is 0 Å². The molecule has 1 saturated heterocycles. The molecule has 23 heavy (non-hydrogen) atoms. The Morgan fingerprint density at radius 1 is 1.22 bits per heavy atom. The highest BCUT2D eigenvalue weighted by atomic mass is 16.6. The number of amides is 2. The standard InChI is InChI=1S/C17H30N2O4/c1-16(2,3)23-15(21)19-10-6-13(7-11-19)14(20)18-12-17(22)8-4-5-9-17/h13,22H,4-12H2,1-3H3,(H,18,20). The maximum absolute atomic E-state index is 12.2. The largest absolute Gasteiger partial charge is 0.444 e. The van der Waals surface area contributed by atoms with Crippen LogP contribution in [0.1, 0.15) is 59.3 Å². The number of aliphatic hydroxyl groups is 1. The van der Waals surface area contributed by atoms with Gasteiger partial charge in [-0.15, -0.1) is 0 Å². The summed E-state index contributed by atoms with van der Waals surface area (Å²) in [7, 11) is 0. The average molecular weight is 326 g/mol. The van der Waals surface area contributed by atoms with Crippen molar-refractivity contribution in [1.29, 1.82) is 0 Å². The lowest BCUT2D eigenvalue weighted by atomic mass is 9.95. The lowest BCUT2D eigenvalue weighted by Gasteiger charge is -2.33. The first-order valence-electron chi connectivity index (χ1n) is 8.67. The molecule has 2 amide bonds. The van der Waals surface area contributed by atoms with Gasteiger partial charge in [0.25, 0.3) is 0 Å². The van der Waals surface area contributed by atoms with Gasteiger partial charge in [-0.05, 0) is 46.5 Å². The lowest BCUT2D eigenvalue weighted by Crippen LogP contribution is -2.47. The van der Waals surface area contributed by atoms with E-state index in [1.54, 1.807) is 4.90 Å². The summed E-state index contributed by atoms with van der Waals surface area (Å²) in [6.07, 6.45) is 4.57. The van der Waals surface area contributed by atoms with Crippen LogP contribution in [0.15, 0.2) is 0 Å². The van der Waals surface area contributed by atoms with Gasteiger partial charge in [0.15, 0.2) is 0 Å². The van der Waals surface area contributed by atoms with Crippen LogP contribution in [0.4, 0.5) is 4.79 Å². The number of carbonyl (C=O) groups excluding carboxylic acids is 2. The number of carbonyl (C=O) groups is 2. The first-order valence-corrected chi connectivity index (χ1v) is 8.67. The zero-order chi connectivity index (χ0) is 17.1. The summed E-state index contributed by atoms with van der Waals surface area (Å²) in [4.78, 5) is 25.9. The molecule has 0 spiro atoms. The molecule has 2 aliphatic rings. The van der Waals surface area contributed by atoms with Crippen LogP contribution in [0, 0.1) is 5.92 Å². The summed E-state index contributed by atoms with van der Waals surface area (Å²) in [5.41, 5.74) is -1.21. The molecule has 1 saturated carbocycles. The Hall–Kier alpha value is -1.30. The summed E-state index contributed by atoms with van der Waals surface area (Å²) < 4.78 is 5.35. The van der Waals surface area contributed by atoms with Crippen molar-refractivity contribution in [1.82, 2.24) is 10.2 Å². The molecule has 0 aromatic rings. The first kappa shape index (κ1) is 18.0. The summed E-state index contributed by atoms with van der Waals surface area (Å²) in [5, 5.41) is 13.2. The van der Waals surface area contributed by atoms with Gasteiger partial charge in [0, 0.05) is 25.6 Å². The zero-order valence-electron chi connectivity index (χ0n) is 14.6. The quantitative estimate of drug-likeness (QED) is 0.832. The third-order valence-corrected chi connectivity index (χ3v) is 4.64. The van der Waals surface area contributed by atoms with E-state index in [-0.39, 0.29) is 17.9 Å². The topological polar surface area (TPSA) is 78.9 Å². The van der Waals surface area contributed by atoms with Gasteiger partial charge in [0.05, 0.1) is 5.60 Å². The summed E-state index contributed by atoms with van der Waals surface area (Å²) in [6, 6.07) is 0. The molecule has 1 aliphatic heterocycles. The minimum atomic E-state index is -0.715. The fourth-order valence-electron chi connectivity index (χ4n) is 3.26. The number of nitrogens with one attached hydrogen (secondary N) is 1. The number of hydrogen-bond acceptors (Lipinski definition) is 4. The molecule has 1 heterocycles. The van der Waals surface area contributed by atoms with Crippen LogP contribution in [0.3, 0.4) is 0 Å². The third-order valence-electron chi connectivity index (χ3n) is 4.64. The van der Waals surface area contributed by atoms with Crippen molar-refractivity contribution in [3.63, 3.8) is 0 Å². The summed E-state index contributed by atoms with van der Waals surface area (Å²) in [5.74, 6) is -0.0900. The highest BCUT2D eigenvalue weighted by Crippen LogP contribution is 2.29. The van der Waals surface area contributed by atoms with E-state index >= 15 is 0 Å². The lowest BCUT2D eigenvalue weighted by molar-refractivity contribution is -0.127. The van der Waals surface area contributed by atoms with Gasteiger partial charge in [-0.1, -0.05) is 12.8 Å². The van der Waals surface area contributed by atoms with Gasteiger partial charge in [-0.3, -0.25) is 4.79 Å². The van der Waals surface area contributed by atoms with Crippen molar-refractivity contribution in [2.45, 2.75) is 70.5 Å². The predicted molar refractivity (Wildman–Crippen MR) is 87.0 cm³/mol. The van der Waals surface area contributed by atoms with E-state index < -0.39 is 11.2 Å². The van der Waals surface area contributed by atoms with E-state index in [0.29, 0.717) is 32.5 Å². The highest BCUT2D eigenvalue weighted by Gasteiger charge is 2.34. The van der Waals surface area contributed by atoms with Gasteiger partial charge < -0.3 is 20.1 Å². The second-order valence-corrected chi connectivity index (χ2v) is 7.89. The smallest absolute Gasteiger partial charge is 0.410 e. The van der Waals surface area contributed by atoms with Crippen LogP contribution < -0.4 is 5.32 Å². The molecule has 0 unspecified atom stereocenters. The van der Waals surface area contributed by atoms with E-state index in [9.17, 15) is 14.7 Å². The minimum Gasteiger partial charge on any atom is -0.444 e. The van der Waals surface area contributed by atoms with E-state index in [0.717, 1.165) is 25.7 Å². The molecule has 2 fully saturated rings. The molecule has 2 N–H and O–H groups in total. The summed E-state index contributed by atoms with van der Waals surface area (Å²) in [6.45, 7) is 6.96. The van der Waals surface area contributed by atoms with Gasteiger partial charge in [0.2, 0.25) is 5.91 Å². The number of rotatable bonds is 3. The molecule has 0 radical (unpaired) electrons. The van der Waals surface area contributed by atoms with Crippen LogP contribution in [-0.4, -0.2) is 52.8 Å². The van der Waals surface area contributed by atoms with Crippen molar-refractivity contribution in [3.8, 4) is 0 Å². The number of likely N-dealkylation sites (tertiary alicyclic amines) is 1. The zero-order valence-corrected chi connectivity index (χ0v) is 14.6. The van der Waals surface area contributed by atoms with Gasteiger partial charge in [-0.2, -0.15) is 0 Å². The van der Waals surface area contributed by atoms with E-state index in [1.807, 2.05) is 20.8 Å². The molecule has 6 heteroatoms. The molecule has 1 aliphatic carbocycles. The Labute approximate surface area is 138 Å². The average Bonchev–Trinajstić information content (AvgIpc) is 2.90. The number of nitrogens with zero attached hydrogens (tertiary/aromatic N) is 1. The maximum Gasteiger partial charge on any atom is 0.410 e. The Kier molecular flexibility index (Phi) is 5.55. The maximum atomic E-state index is 12.2. The molecule has 132 valence electrons. The van der Waals surface area contributed by atoms with Gasteiger partial charge in [0.1, 0.15) is 5.60 Å². The molecule has 0 aromatic carbocycles. The van der Waals surface area contributed by atoms with Crippen molar-refractivity contribution >= 4 is 12.0 Å². The number of ether oxygens (including phenoxy) is 1. The predicted octanol–water partition coefficient (Wildman–Crippen LogP) is 2.05. The van der Waals surface area contributed by atoms with Gasteiger partial charge in [-0.25, -0.2) is 4.79 Å². The van der Waals surface area contributed by atoms with E-state index in [4.69, 9.17) is 4.74 Å². The number of piperidine rings is 1. The third kappa shape index (κ3) is 5.37.